The number of benzene rings is 2. The zero-order valence-electron chi connectivity index (χ0n) is 31.5. The molecule has 18 heteroatoms. The van der Waals surface area contributed by atoms with E-state index >= 15 is 0 Å². The van der Waals surface area contributed by atoms with Crippen LogP contribution in [-0.2, 0) is 14.8 Å². The third-order valence-electron chi connectivity index (χ3n) is 8.84. The number of thiazole rings is 1. The number of fused-ring (bicyclic) bond motifs is 1. The minimum absolute atomic E-state index is 0.0224. The molecule has 4 heterocycles. The number of carbonyl (C=O) groups excluding carboxylic acids is 2. The highest BCUT2D eigenvalue weighted by Crippen LogP contribution is 2.40. The van der Waals surface area contributed by atoms with E-state index in [2.05, 4.69) is 20.6 Å². The van der Waals surface area contributed by atoms with E-state index in [4.69, 9.17) is 4.74 Å². The first-order valence-electron chi connectivity index (χ1n) is 17.6. The molecule has 3 amide bonds. The molecule has 0 spiro atoms. The first-order valence-corrected chi connectivity index (χ1v) is 19.9. The van der Waals surface area contributed by atoms with Gasteiger partial charge in [-0.2, -0.15) is 0 Å². The minimum Gasteiger partial charge on any atom is -0.465 e. The van der Waals surface area contributed by atoms with Gasteiger partial charge in [-0.1, -0.05) is 35.6 Å². The third-order valence-corrected chi connectivity index (χ3v) is 11.5. The molecule has 0 saturated carbocycles. The van der Waals surface area contributed by atoms with Crippen molar-refractivity contribution in [1.29, 1.82) is 0 Å². The first-order chi connectivity index (χ1) is 26.3. The van der Waals surface area contributed by atoms with Crippen molar-refractivity contribution in [2.45, 2.75) is 76.5 Å². The van der Waals surface area contributed by atoms with Crippen LogP contribution in [0.15, 0.2) is 71.9 Å². The minimum atomic E-state index is -4.12. The summed E-state index contributed by atoms with van der Waals surface area (Å²) in [5.74, 6) is -2.78. The van der Waals surface area contributed by atoms with Gasteiger partial charge in [0.2, 0.25) is 0 Å². The fourth-order valence-corrected chi connectivity index (χ4v) is 9.01. The summed E-state index contributed by atoms with van der Waals surface area (Å²) >= 11 is 0.660. The van der Waals surface area contributed by atoms with Gasteiger partial charge in [-0.25, -0.2) is 40.7 Å². The summed E-state index contributed by atoms with van der Waals surface area (Å²) in [7, 11) is -4.12. The number of nitrogens with one attached hydrogen (secondary N) is 2. The maximum atomic E-state index is 14.9. The van der Waals surface area contributed by atoms with Gasteiger partial charge in [-0.15, -0.1) is 0 Å². The Kier molecular flexibility index (Phi) is 10.8. The number of anilines is 3. The molecule has 5 aromatic rings. The molecular formula is C38H41F2N7O7S2. The van der Waals surface area contributed by atoms with E-state index in [1.807, 2.05) is 4.90 Å². The number of piperidine rings is 1. The van der Waals surface area contributed by atoms with Crippen LogP contribution >= 0.6 is 11.3 Å². The number of halogens is 2. The Labute approximate surface area is 326 Å². The highest BCUT2D eigenvalue weighted by Gasteiger charge is 2.37. The second kappa shape index (κ2) is 15.1. The zero-order valence-corrected chi connectivity index (χ0v) is 33.1. The van der Waals surface area contributed by atoms with Crippen LogP contribution in [0.1, 0.15) is 64.9 Å². The molecule has 296 valence electrons. The lowest BCUT2D eigenvalue weighted by atomic mass is 9.97. The van der Waals surface area contributed by atoms with E-state index in [0.29, 0.717) is 41.8 Å². The molecule has 1 saturated heterocycles. The monoisotopic (exact) mass is 809 g/mol. The number of carbonyl (C=O) groups is 3. The largest absolute Gasteiger partial charge is 0.465 e. The highest BCUT2D eigenvalue weighted by molar-refractivity contribution is 7.90. The number of pyridine rings is 1. The second-order valence-electron chi connectivity index (χ2n) is 15.1. The predicted molar refractivity (Wildman–Crippen MR) is 209 cm³/mol. The summed E-state index contributed by atoms with van der Waals surface area (Å²) in [6, 6.07) is 12.1. The third kappa shape index (κ3) is 8.16. The standard InChI is InChI=1S/C38H41F2N7O7S2/c1-37(2,3)47(36(50)51)22-12-11-18-45(21-22)30-24-17-19-46(56(52,53)23-13-8-7-9-14-23)31(24)41-20-27(30)42-32(48)29-34(44-35(49)54-38(4,5)6)55-33(43-29)28-25(39)15-10-16-26(28)40/h7-10,13-17,19-20,22H,11-12,18,21H2,1-6H3,(H,42,48)(H,44,49)(H,50,51)/t22-/m0/s1. The highest BCUT2D eigenvalue weighted by atomic mass is 32.2. The van der Waals surface area contributed by atoms with Crippen LogP contribution in [0.2, 0.25) is 0 Å². The van der Waals surface area contributed by atoms with Crippen LogP contribution < -0.4 is 15.5 Å². The van der Waals surface area contributed by atoms with Crippen molar-refractivity contribution in [2.75, 3.05) is 28.6 Å². The van der Waals surface area contributed by atoms with Crippen molar-refractivity contribution >= 4 is 66.9 Å². The molecule has 3 N–H and O–H groups in total. The van der Waals surface area contributed by atoms with Crippen molar-refractivity contribution in [2.24, 2.45) is 0 Å². The molecule has 1 atom stereocenters. The fraction of sp³-hybridized carbons (Fsp3) is 0.342. The number of rotatable bonds is 8. The molecule has 3 aromatic heterocycles. The number of amides is 3. The Bertz CT molecular complexity index is 2400. The Hall–Kier alpha value is -5.62. The Balaban J connectivity index is 1.47. The number of ether oxygens (including phenoxy) is 1. The van der Waals surface area contributed by atoms with Crippen molar-refractivity contribution in [3.05, 3.63) is 84.3 Å². The zero-order chi connectivity index (χ0) is 40.7. The van der Waals surface area contributed by atoms with E-state index < -0.39 is 68.2 Å². The quantitative estimate of drug-likeness (QED) is 0.139. The maximum absolute atomic E-state index is 14.9. The number of carboxylic acid groups (broad SMARTS) is 1. The van der Waals surface area contributed by atoms with Crippen molar-refractivity contribution < 1.29 is 41.4 Å². The lowest BCUT2D eigenvalue weighted by molar-refractivity contribution is 0.0629. The topological polar surface area (TPSA) is 176 Å². The van der Waals surface area contributed by atoms with Gasteiger partial charge in [-0.05, 0) is 84.7 Å². The molecule has 6 rings (SSSR count). The maximum Gasteiger partial charge on any atom is 0.412 e. The van der Waals surface area contributed by atoms with Gasteiger partial charge in [-0.3, -0.25) is 15.0 Å². The van der Waals surface area contributed by atoms with Gasteiger partial charge in [0.05, 0.1) is 34.1 Å². The van der Waals surface area contributed by atoms with E-state index in [0.717, 1.165) is 16.1 Å². The Morgan fingerprint density at radius 3 is 2.29 bits per heavy atom. The normalized spacial score (nSPS) is 15.1. The van der Waals surface area contributed by atoms with Crippen LogP contribution in [0.25, 0.3) is 21.6 Å². The molecule has 56 heavy (non-hydrogen) atoms. The predicted octanol–water partition coefficient (Wildman–Crippen LogP) is 8.02. The summed E-state index contributed by atoms with van der Waals surface area (Å²) in [4.78, 5) is 51.7. The smallest absolute Gasteiger partial charge is 0.412 e. The van der Waals surface area contributed by atoms with Crippen LogP contribution in [-0.4, -0.2) is 80.7 Å². The van der Waals surface area contributed by atoms with Gasteiger partial charge >= 0.3 is 12.2 Å². The molecule has 1 aliphatic rings. The molecule has 0 unspecified atom stereocenters. The van der Waals surface area contributed by atoms with Crippen LogP contribution in [0.5, 0.6) is 0 Å². The summed E-state index contributed by atoms with van der Waals surface area (Å²) < 4.78 is 63.9. The van der Waals surface area contributed by atoms with Crippen molar-refractivity contribution in [1.82, 2.24) is 18.8 Å². The number of nitrogens with zero attached hydrogens (tertiary/aromatic N) is 5. The summed E-state index contributed by atoms with van der Waals surface area (Å²) in [6.45, 7) is 10.9. The lowest BCUT2D eigenvalue weighted by Crippen LogP contribution is -2.57. The molecular weight excluding hydrogens is 769 g/mol. The van der Waals surface area contributed by atoms with E-state index in [-0.39, 0.29) is 32.8 Å². The average Bonchev–Trinajstić information content (AvgIpc) is 3.72. The molecule has 14 nitrogen and oxygen atoms in total. The molecule has 2 aromatic carbocycles. The van der Waals surface area contributed by atoms with Crippen LogP contribution in [0.4, 0.5) is 34.7 Å². The van der Waals surface area contributed by atoms with Gasteiger partial charge in [0, 0.05) is 30.2 Å². The second-order valence-corrected chi connectivity index (χ2v) is 17.9. The van der Waals surface area contributed by atoms with Gasteiger partial charge in [0.15, 0.2) is 11.3 Å². The molecule has 1 aliphatic heterocycles. The first kappa shape index (κ1) is 40.1. The molecule has 1 fully saturated rings. The van der Waals surface area contributed by atoms with E-state index in [9.17, 15) is 36.7 Å². The molecule has 0 bridgehead atoms. The lowest BCUT2D eigenvalue weighted by Gasteiger charge is -2.45. The summed E-state index contributed by atoms with van der Waals surface area (Å²) in [5.41, 5.74) is -2.07. The van der Waals surface area contributed by atoms with Crippen molar-refractivity contribution in [3.63, 3.8) is 0 Å². The van der Waals surface area contributed by atoms with Crippen LogP contribution in [0, 0.1) is 11.6 Å². The van der Waals surface area contributed by atoms with Crippen LogP contribution in [0.3, 0.4) is 0 Å². The van der Waals surface area contributed by atoms with Gasteiger partial charge in [0.25, 0.3) is 15.9 Å². The SMILES string of the molecule is CC(C)(C)OC(=O)Nc1sc(-c2c(F)cccc2F)nc1C(=O)Nc1cnc2c(ccn2S(=O)(=O)c2ccccc2)c1N1CCC[C@H](N(C(=O)O)C(C)(C)C)C1. The van der Waals surface area contributed by atoms with Crippen molar-refractivity contribution in [3.8, 4) is 10.6 Å². The molecule has 0 radical (unpaired) electrons. The number of hydrogen-bond acceptors (Lipinski definition) is 10. The average molecular weight is 810 g/mol. The van der Waals surface area contributed by atoms with E-state index in [1.165, 1.54) is 35.5 Å². The molecule has 0 aliphatic carbocycles. The van der Waals surface area contributed by atoms with Gasteiger partial charge < -0.3 is 20.1 Å². The Morgan fingerprint density at radius 2 is 1.66 bits per heavy atom. The number of hydrogen-bond donors (Lipinski definition) is 3. The fourth-order valence-electron chi connectivity index (χ4n) is 6.69. The summed E-state index contributed by atoms with van der Waals surface area (Å²) in [5, 5.41) is 15.4. The van der Waals surface area contributed by atoms with Gasteiger partial charge in [0.1, 0.15) is 27.2 Å². The summed E-state index contributed by atoms with van der Waals surface area (Å²) in [6.07, 6.45) is 1.69. The van der Waals surface area contributed by atoms with E-state index in [1.54, 1.807) is 65.8 Å². The Morgan fingerprint density at radius 1 is 0.982 bits per heavy atom. The number of aromatic nitrogens is 3.